The lowest BCUT2D eigenvalue weighted by Crippen LogP contribution is -2.62. The molecule has 0 unspecified atom stereocenters. The van der Waals surface area contributed by atoms with Crippen molar-refractivity contribution in [2.24, 2.45) is 52.3 Å². The third-order valence-corrected chi connectivity index (χ3v) is 14.1. The van der Waals surface area contributed by atoms with Crippen LogP contribution in [0, 0.1) is 52.3 Å². The molecule has 0 bridgehead atoms. The van der Waals surface area contributed by atoms with Crippen LogP contribution in [0.2, 0.25) is 0 Å². The van der Waals surface area contributed by atoms with Crippen LogP contribution in [-0.2, 0) is 10.0 Å². The third-order valence-electron chi connectivity index (χ3n) is 12.6. The van der Waals surface area contributed by atoms with E-state index < -0.39 is 10.0 Å². The molecule has 5 nitrogen and oxygen atoms in total. The molecule has 39 heavy (non-hydrogen) atoms. The van der Waals surface area contributed by atoms with Gasteiger partial charge in [0.15, 0.2) is 0 Å². The van der Waals surface area contributed by atoms with E-state index in [1.165, 1.54) is 25.7 Å². The van der Waals surface area contributed by atoms with E-state index in [0.29, 0.717) is 52.9 Å². The fraction of sp³-hybridized carbons (Fsp3) is 0.818. The van der Waals surface area contributed by atoms with Gasteiger partial charge in [0.2, 0.25) is 10.0 Å². The highest BCUT2D eigenvalue weighted by Gasteiger charge is 2.64. The summed E-state index contributed by atoms with van der Waals surface area (Å²) in [5, 5.41) is 22.4. The predicted molar refractivity (Wildman–Crippen MR) is 156 cm³/mol. The van der Waals surface area contributed by atoms with Gasteiger partial charge in [0, 0.05) is 6.54 Å². The normalized spacial score (nSPS) is 42.8. The zero-order chi connectivity index (χ0) is 28.0. The van der Waals surface area contributed by atoms with Crippen molar-refractivity contribution in [3.05, 3.63) is 30.3 Å². The molecule has 0 amide bonds. The van der Waals surface area contributed by atoms with Crippen molar-refractivity contribution < 1.29 is 18.6 Å². The first-order valence-corrected chi connectivity index (χ1v) is 17.4. The number of unbranched alkanes of at least 4 members (excludes halogenated alkanes) is 1. The molecule has 1 aromatic rings. The highest BCUT2D eigenvalue weighted by atomic mass is 32.2. The van der Waals surface area contributed by atoms with Crippen LogP contribution in [0.5, 0.6) is 0 Å². The fourth-order valence-electron chi connectivity index (χ4n) is 10.6. The number of aliphatic hydroxyl groups is 2. The molecule has 3 N–H and O–H groups in total. The predicted octanol–water partition coefficient (Wildman–Crippen LogP) is 6.40. The van der Waals surface area contributed by atoms with E-state index in [1.54, 1.807) is 24.3 Å². The van der Waals surface area contributed by atoms with E-state index in [0.717, 1.165) is 44.9 Å². The Bertz CT molecular complexity index is 1080. The summed E-state index contributed by atoms with van der Waals surface area (Å²) in [6, 6.07) is 8.62. The van der Waals surface area contributed by atoms with Gasteiger partial charge >= 0.3 is 0 Å². The van der Waals surface area contributed by atoms with Gasteiger partial charge in [-0.1, -0.05) is 65.2 Å². The number of hydrogen-bond donors (Lipinski definition) is 3. The molecule has 0 aromatic heterocycles. The molecule has 4 aliphatic rings. The second-order valence-corrected chi connectivity index (χ2v) is 16.1. The van der Waals surface area contributed by atoms with E-state index in [2.05, 4.69) is 32.4 Å². The highest BCUT2D eigenvalue weighted by Crippen LogP contribution is 2.69. The summed E-state index contributed by atoms with van der Waals surface area (Å²) in [5.74, 6) is 3.61. The molecule has 4 fully saturated rings. The number of nitrogens with one attached hydrogen (secondary N) is 1. The number of rotatable bonds is 9. The SMILES string of the molecule is CC[C@H]1[C@@H](O)[C@@H]2[C@H](CC[C@]3(C)[C@@H]([C@H](C)CCCCNS(=O)(=O)c4ccccc4)CC[C@@H]23)[C@@]2(C)CC[C@@H](O)C[C@@H]12. The maximum atomic E-state index is 12.5. The number of aliphatic hydroxyl groups excluding tert-OH is 2. The Hall–Kier alpha value is -0.950. The van der Waals surface area contributed by atoms with Crippen LogP contribution < -0.4 is 4.72 Å². The van der Waals surface area contributed by atoms with Crippen molar-refractivity contribution in [3.8, 4) is 0 Å². The molecule has 4 saturated carbocycles. The second-order valence-electron chi connectivity index (χ2n) is 14.3. The number of hydrogen-bond acceptors (Lipinski definition) is 4. The summed E-state index contributed by atoms with van der Waals surface area (Å²) in [6.07, 6.45) is 11.5. The van der Waals surface area contributed by atoms with Crippen LogP contribution in [-0.4, -0.2) is 37.4 Å². The van der Waals surface area contributed by atoms with Crippen molar-refractivity contribution >= 4 is 10.0 Å². The molecule has 1 aromatic carbocycles. The molecule has 5 rings (SSSR count). The van der Waals surface area contributed by atoms with E-state index in [9.17, 15) is 18.6 Å². The van der Waals surface area contributed by atoms with E-state index in [4.69, 9.17) is 0 Å². The molecule has 0 saturated heterocycles. The van der Waals surface area contributed by atoms with Crippen molar-refractivity contribution in [1.82, 2.24) is 4.72 Å². The van der Waals surface area contributed by atoms with Crippen molar-refractivity contribution in [2.45, 2.75) is 115 Å². The first-order chi connectivity index (χ1) is 18.5. The van der Waals surface area contributed by atoms with E-state index in [-0.39, 0.29) is 23.0 Å². The first kappa shape index (κ1) is 29.5. The molecule has 0 heterocycles. The Morgan fingerprint density at radius 1 is 0.949 bits per heavy atom. The topological polar surface area (TPSA) is 86.6 Å². The maximum Gasteiger partial charge on any atom is 0.240 e. The van der Waals surface area contributed by atoms with Gasteiger partial charge in [0.25, 0.3) is 0 Å². The molecule has 0 spiro atoms. The standard InChI is InChI=1S/C33H53NO4S/c1-5-25-29-21-23(35)16-18-33(29,4)28-17-19-32(3)26(14-15-27(32)30(28)31(25)36)22(2)11-9-10-20-34-39(37,38)24-12-7-6-8-13-24/h6-8,12-13,22-23,25-31,34-36H,5,9-11,14-21H2,1-4H3/t22-,23-,25-,26-,27+,28+,29+,30+,31-,32-,33-/m1/s1. The molecule has 6 heteroatoms. The van der Waals surface area contributed by atoms with Crippen LogP contribution in [0.15, 0.2) is 35.2 Å². The number of fused-ring (bicyclic) bond motifs is 5. The minimum Gasteiger partial charge on any atom is -0.393 e. The van der Waals surface area contributed by atoms with Crippen molar-refractivity contribution in [1.29, 1.82) is 0 Å². The van der Waals surface area contributed by atoms with Gasteiger partial charge in [0.05, 0.1) is 17.1 Å². The molecular formula is C33H53NO4S. The first-order valence-electron chi connectivity index (χ1n) is 15.9. The van der Waals surface area contributed by atoms with Gasteiger partial charge < -0.3 is 10.2 Å². The molecular weight excluding hydrogens is 506 g/mol. The summed E-state index contributed by atoms with van der Waals surface area (Å²) in [6.45, 7) is 10.2. The molecule has 4 aliphatic carbocycles. The quantitative estimate of drug-likeness (QED) is 0.306. The molecule has 220 valence electrons. The summed E-state index contributed by atoms with van der Waals surface area (Å²) >= 11 is 0. The summed E-state index contributed by atoms with van der Waals surface area (Å²) in [7, 11) is -3.43. The van der Waals surface area contributed by atoms with Gasteiger partial charge in [0.1, 0.15) is 0 Å². The molecule has 0 radical (unpaired) electrons. The minimum atomic E-state index is -3.43. The van der Waals surface area contributed by atoms with Crippen molar-refractivity contribution in [2.75, 3.05) is 6.54 Å². The van der Waals surface area contributed by atoms with Crippen LogP contribution in [0.25, 0.3) is 0 Å². The monoisotopic (exact) mass is 559 g/mol. The Morgan fingerprint density at radius 3 is 2.36 bits per heavy atom. The summed E-state index contributed by atoms with van der Waals surface area (Å²) < 4.78 is 27.8. The largest absolute Gasteiger partial charge is 0.393 e. The van der Waals surface area contributed by atoms with Crippen LogP contribution in [0.1, 0.15) is 98.3 Å². The number of benzene rings is 1. The van der Waals surface area contributed by atoms with Crippen molar-refractivity contribution in [3.63, 3.8) is 0 Å². The lowest BCUT2D eigenvalue weighted by atomic mass is 9.41. The Kier molecular flexibility index (Phi) is 8.62. The third kappa shape index (κ3) is 5.26. The summed E-state index contributed by atoms with van der Waals surface area (Å²) in [4.78, 5) is 0.332. The maximum absolute atomic E-state index is 12.5. The Labute approximate surface area is 237 Å². The minimum absolute atomic E-state index is 0.194. The smallest absolute Gasteiger partial charge is 0.240 e. The van der Waals surface area contributed by atoms with Gasteiger partial charge in [-0.15, -0.1) is 0 Å². The average molecular weight is 560 g/mol. The zero-order valence-electron chi connectivity index (χ0n) is 24.7. The van der Waals surface area contributed by atoms with E-state index in [1.807, 2.05) is 6.07 Å². The number of sulfonamides is 1. The zero-order valence-corrected chi connectivity index (χ0v) is 25.5. The van der Waals surface area contributed by atoms with Crippen LogP contribution >= 0.6 is 0 Å². The Morgan fingerprint density at radius 2 is 1.64 bits per heavy atom. The lowest BCUT2D eigenvalue weighted by Gasteiger charge is -2.64. The van der Waals surface area contributed by atoms with Gasteiger partial charge in [-0.2, -0.15) is 0 Å². The second kappa shape index (κ2) is 11.4. The fourth-order valence-corrected chi connectivity index (χ4v) is 11.7. The highest BCUT2D eigenvalue weighted by molar-refractivity contribution is 7.89. The average Bonchev–Trinajstić information content (AvgIpc) is 3.27. The lowest BCUT2D eigenvalue weighted by molar-refractivity contribution is -0.203. The Balaban J connectivity index is 1.20. The van der Waals surface area contributed by atoms with Crippen LogP contribution in [0.4, 0.5) is 0 Å². The van der Waals surface area contributed by atoms with Gasteiger partial charge in [-0.25, -0.2) is 13.1 Å². The van der Waals surface area contributed by atoms with Crippen LogP contribution in [0.3, 0.4) is 0 Å². The van der Waals surface area contributed by atoms with Gasteiger partial charge in [-0.3, -0.25) is 0 Å². The van der Waals surface area contributed by atoms with E-state index >= 15 is 0 Å². The molecule has 0 aliphatic heterocycles. The molecule has 11 atom stereocenters. The van der Waals surface area contributed by atoms with Gasteiger partial charge in [-0.05, 0) is 116 Å². The summed E-state index contributed by atoms with van der Waals surface area (Å²) in [5.41, 5.74) is 0.536.